The van der Waals surface area contributed by atoms with Crippen molar-refractivity contribution < 1.29 is 4.57 Å². The standard InChI is InChI=1S/C20H19N2/c1-13-8-9-15-11-19-18(17(15)10-13)12-22(3)20(21-19)16-7-5-4-6-14(16)2/h4-10,12H,11H2,1-3H3/q+1. The van der Waals surface area contributed by atoms with Gasteiger partial charge in [0, 0.05) is 6.42 Å². The second-order valence-electron chi connectivity index (χ2n) is 6.19. The molecule has 0 radical (unpaired) electrons. The van der Waals surface area contributed by atoms with Crippen LogP contribution in [-0.4, -0.2) is 4.98 Å². The summed E-state index contributed by atoms with van der Waals surface area (Å²) in [6.45, 7) is 4.29. The molecule has 0 amide bonds. The summed E-state index contributed by atoms with van der Waals surface area (Å²) in [4.78, 5) is 4.99. The van der Waals surface area contributed by atoms with Gasteiger partial charge in [0.25, 0.3) is 0 Å². The predicted octanol–water partition coefficient (Wildman–Crippen LogP) is 3.76. The first-order valence-corrected chi connectivity index (χ1v) is 7.69. The zero-order valence-corrected chi connectivity index (χ0v) is 13.2. The average Bonchev–Trinajstić information content (AvgIpc) is 2.84. The van der Waals surface area contributed by atoms with E-state index < -0.39 is 0 Å². The van der Waals surface area contributed by atoms with Crippen LogP contribution in [0.2, 0.25) is 0 Å². The van der Waals surface area contributed by atoms with Crippen LogP contribution in [0.25, 0.3) is 22.5 Å². The third-order valence-electron chi connectivity index (χ3n) is 4.51. The van der Waals surface area contributed by atoms with Crippen LogP contribution >= 0.6 is 0 Å². The number of aromatic nitrogens is 2. The maximum atomic E-state index is 4.99. The van der Waals surface area contributed by atoms with Gasteiger partial charge in [-0.2, -0.15) is 0 Å². The quantitative estimate of drug-likeness (QED) is 0.487. The zero-order chi connectivity index (χ0) is 15.3. The van der Waals surface area contributed by atoms with Gasteiger partial charge in [-0.3, -0.25) is 0 Å². The Morgan fingerprint density at radius 1 is 0.955 bits per heavy atom. The fourth-order valence-electron chi connectivity index (χ4n) is 3.31. The smallest absolute Gasteiger partial charge is 0.232 e. The molecule has 0 saturated carbocycles. The highest BCUT2D eigenvalue weighted by molar-refractivity contribution is 5.75. The van der Waals surface area contributed by atoms with Crippen LogP contribution in [0, 0.1) is 13.8 Å². The molecule has 0 N–H and O–H groups in total. The van der Waals surface area contributed by atoms with Crippen molar-refractivity contribution in [2.24, 2.45) is 7.05 Å². The minimum absolute atomic E-state index is 0.935. The van der Waals surface area contributed by atoms with E-state index in [9.17, 15) is 0 Å². The van der Waals surface area contributed by atoms with E-state index in [1.165, 1.54) is 39.1 Å². The summed E-state index contributed by atoms with van der Waals surface area (Å²) >= 11 is 0. The minimum Gasteiger partial charge on any atom is -0.232 e. The fourth-order valence-corrected chi connectivity index (χ4v) is 3.31. The highest BCUT2D eigenvalue weighted by Crippen LogP contribution is 2.36. The van der Waals surface area contributed by atoms with Gasteiger partial charge in [0.2, 0.25) is 0 Å². The Labute approximate surface area is 131 Å². The van der Waals surface area contributed by atoms with Gasteiger partial charge in [-0.15, -0.1) is 0 Å². The second-order valence-corrected chi connectivity index (χ2v) is 6.19. The molecule has 0 saturated heterocycles. The van der Waals surface area contributed by atoms with Gasteiger partial charge in [-0.05, 0) is 41.6 Å². The molecule has 1 aliphatic rings. The van der Waals surface area contributed by atoms with Crippen LogP contribution in [0.5, 0.6) is 0 Å². The number of nitrogens with zero attached hydrogens (tertiary/aromatic N) is 2. The van der Waals surface area contributed by atoms with Crippen molar-refractivity contribution in [3.63, 3.8) is 0 Å². The number of hydrogen-bond acceptors (Lipinski definition) is 1. The van der Waals surface area contributed by atoms with Crippen LogP contribution < -0.4 is 4.57 Å². The molecule has 108 valence electrons. The molecular formula is C20H19N2+. The lowest BCUT2D eigenvalue weighted by Crippen LogP contribution is -2.32. The monoisotopic (exact) mass is 287 g/mol. The molecule has 2 nitrogen and oxygen atoms in total. The summed E-state index contributed by atoms with van der Waals surface area (Å²) in [7, 11) is 2.09. The summed E-state index contributed by atoms with van der Waals surface area (Å²) in [5, 5.41) is 0. The molecule has 0 unspecified atom stereocenters. The summed E-state index contributed by atoms with van der Waals surface area (Å²) in [5.41, 5.74) is 8.97. The normalized spacial score (nSPS) is 12.1. The summed E-state index contributed by atoms with van der Waals surface area (Å²) in [6, 6.07) is 15.1. The van der Waals surface area contributed by atoms with Gasteiger partial charge in [0.05, 0.1) is 18.2 Å². The third-order valence-corrected chi connectivity index (χ3v) is 4.51. The number of aryl methyl sites for hydroxylation is 3. The summed E-state index contributed by atoms with van der Waals surface area (Å²) < 4.78 is 2.15. The largest absolute Gasteiger partial charge is 0.330 e. The van der Waals surface area contributed by atoms with E-state index >= 15 is 0 Å². The Hall–Kier alpha value is -2.48. The van der Waals surface area contributed by atoms with Crippen molar-refractivity contribution in [1.29, 1.82) is 0 Å². The molecule has 22 heavy (non-hydrogen) atoms. The van der Waals surface area contributed by atoms with Crippen molar-refractivity contribution in [3.05, 3.63) is 71.0 Å². The predicted molar refractivity (Wildman–Crippen MR) is 88.6 cm³/mol. The van der Waals surface area contributed by atoms with Gasteiger partial charge in [0.15, 0.2) is 5.69 Å². The van der Waals surface area contributed by atoms with Crippen molar-refractivity contribution in [2.45, 2.75) is 20.3 Å². The van der Waals surface area contributed by atoms with Crippen molar-refractivity contribution in [1.82, 2.24) is 4.98 Å². The number of rotatable bonds is 1. The molecule has 0 atom stereocenters. The molecular weight excluding hydrogens is 268 g/mol. The lowest BCUT2D eigenvalue weighted by molar-refractivity contribution is -0.662. The SMILES string of the molecule is Cc1ccc2c(c1)-c1c[n+](C)c(-c3ccccc3C)nc1C2. The molecule has 2 heteroatoms. The molecule has 0 spiro atoms. The van der Waals surface area contributed by atoms with Gasteiger partial charge in [-0.1, -0.05) is 42.0 Å². The lowest BCUT2D eigenvalue weighted by Gasteiger charge is -2.05. The van der Waals surface area contributed by atoms with E-state index in [2.05, 4.69) is 74.1 Å². The molecule has 0 bridgehead atoms. The highest BCUT2D eigenvalue weighted by atomic mass is 15.0. The van der Waals surface area contributed by atoms with E-state index in [1.807, 2.05) is 0 Å². The van der Waals surface area contributed by atoms with E-state index in [1.54, 1.807) is 0 Å². The third kappa shape index (κ3) is 1.95. The van der Waals surface area contributed by atoms with Gasteiger partial charge in [-0.25, -0.2) is 4.57 Å². The van der Waals surface area contributed by atoms with Crippen molar-refractivity contribution in [2.75, 3.05) is 0 Å². The van der Waals surface area contributed by atoms with Gasteiger partial charge in [0.1, 0.15) is 6.20 Å². The summed E-state index contributed by atoms with van der Waals surface area (Å²) in [5.74, 6) is 1.04. The maximum absolute atomic E-state index is 4.99. The topological polar surface area (TPSA) is 16.8 Å². The number of benzene rings is 2. The van der Waals surface area contributed by atoms with Crippen LogP contribution in [-0.2, 0) is 13.5 Å². The van der Waals surface area contributed by atoms with Gasteiger partial charge < -0.3 is 0 Å². The number of fused-ring (bicyclic) bond motifs is 3. The van der Waals surface area contributed by atoms with Crippen LogP contribution in [0.3, 0.4) is 0 Å². The first-order chi connectivity index (χ1) is 10.6. The van der Waals surface area contributed by atoms with E-state index in [-0.39, 0.29) is 0 Å². The lowest BCUT2D eigenvalue weighted by atomic mass is 10.0. The Bertz CT molecular complexity index is 894. The minimum atomic E-state index is 0.935. The van der Waals surface area contributed by atoms with Crippen LogP contribution in [0.4, 0.5) is 0 Å². The molecule has 4 rings (SSSR count). The van der Waals surface area contributed by atoms with Crippen molar-refractivity contribution >= 4 is 0 Å². The molecule has 0 aliphatic heterocycles. The van der Waals surface area contributed by atoms with E-state index in [0.717, 1.165) is 12.2 Å². The summed E-state index contributed by atoms with van der Waals surface area (Å²) in [6.07, 6.45) is 3.17. The fraction of sp³-hybridized carbons (Fsp3) is 0.200. The Morgan fingerprint density at radius 3 is 2.59 bits per heavy atom. The van der Waals surface area contributed by atoms with Crippen LogP contribution in [0.15, 0.2) is 48.7 Å². The Kier molecular flexibility index (Phi) is 2.86. The zero-order valence-electron chi connectivity index (χ0n) is 13.2. The highest BCUT2D eigenvalue weighted by Gasteiger charge is 2.28. The van der Waals surface area contributed by atoms with E-state index in [4.69, 9.17) is 4.98 Å². The first kappa shape index (κ1) is 13.2. The van der Waals surface area contributed by atoms with Gasteiger partial charge >= 0.3 is 5.82 Å². The molecule has 1 heterocycles. The molecule has 1 aromatic heterocycles. The number of hydrogen-bond donors (Lipinski definition) is 0. The Morgan fingerprint density at radius 2 is 1.77 bits per heavy atom. The maximum Gasteiger partial charge on any atom is 0.330 e. The van der Waals surface area contributed by atoms with E-state index in [0.29, 0.717) is 0 Å². The van der Waals surface area contributed by atoms with Crippen LogP contribution in [0.1, 0.15) is 22.4 Å². The Balaban J connectivity index is 1.91. The molecule has 1 aliphatic carbocycles. The first-order valence-electron chi connectivity index (χ1n) is 7.69. The van der Waals surface area contributed by atoms with Crippen molar-refractivity contribution in [3.8, 4) is 22.5 Å². The molecule has 3 aromatic rings. The molecule has 2 aromatic carbocycles. The second kappa shape index (κ2) is 4.77. The average molecular weight is 287 g/mol. The molecule has 0 fully saturated rings.